The first-order chi connectivity index (χ1) is 9.33. The third kappa shape index (κ3) is 2.94. The standard InChI is InChI=1S/C14H16N2O2S/c17-14(16-9-11-8-15-5-6-18-11)13-7-10-3-1-2-4-12(10)19-13/h1-4,7,11,15H,5-6,8-9H2,(H,16,17). The van der Waals surface area contributed by atoms with Gasteiger partial charge < -0.3 is 15.4 Å². The largest absolute Gasteiger partial charge is 0.374 e. The van der Waals surface area contributed by atoms with Gasteiger partial charge in [0.2, 0.25) is 0 Å². The summed E-state index contributed by atoms with van der Waals surface area (Å²) < 4.78 is 6.69. The number of hydrogen-bond donors (Lipinski definition) is 2. The van der Waals surface area contributed by atoms with E-state index in [0.29, 0.717) is 13.2 Å². The number of rotatable bonds is 3. The molecule has 0 bridgehead atoms. The van der Waals surface area contributed by atoms with Crippen molar-refractivity contribution in [3.8, 4) is 0 Å². The van der Waals surface area contributed by atoms with Gasteiger partial charge in [-0.25, -0.2) is 0 Å². The molecule has 1 aromatic heterocycles. The van der Waals surface area contributed by atoms with Crippen LogP contribution in [-0.2, 0) is 4.74 Å². The average Bonchev–Trinajstić information content (AvgIpc) is 2.90. The lowest BCUT2D eigenvalue weighted by Gasteiger charge is -2.23. The summed E-state index contributed by atoms with van der Waals surface area (Å²) in [6, 6.07) is 9.97. The number of carbonyl (C=O) groups excluding carboxylic acids is 1. The van der Waals surface area contributed by atoms with Gasteiger partial charge in [0.15, 0.2) is 0 Å². The van der Waals surface area contributed by atoms with Crippen LogP contribution in [0.4, 0.5) is 0 Å². The van der Waals surface area contributed by atoms with E-state index in [1.54, 1.807) is 0 Å². The van der Waals surface area contributed by atoms with Crippen LogP contribution in [0.5, 0.6) is 0 Å². The Morgan fingerprint density at radius 1 is 1.47 bits per heavy atom. The molecule has 1 unspecified atom stereocenters. The number of ether oxygens (including phenoxy) is 1. The zero-order valence-corrected chi connectivity index (χ0v) is 11.3. The SMILES string of the molecule is O=C(NCC1CNCCO1)c1cc2ccccc2s1. The fraction of sp³-hybridized carbons (Fsp3) is 0.357. The molecule has 2 heterocycles. The summed E-state index contributed by atoms with van der Waals surface area (Å²) in [7, 11) is 0. The Kier molecular flexibility index (Phi) is 3.77. The molecule has 1 aromatic carbocycles. The number of fused-ring (bicyclic) bond motifs is 1. The second kappa shape index (κ2) is 5.69. The molecule has 4 nitrogen and oxygen atoms in total. The Balaban J connectivity index is 1.63. The maximum atomic E-state index is 12.1. The minimum absolute atomic E-state index is 0.0182. The molecule has 1 fully saturated rings. The third-order valence-electron chi connectivity index (χ3n) is 3.14. The van der Waals surface area contributed by atoms with Crippen LogP contribution in [0.3, 0.4) is 0 Å². The lowest BCUT2D eigenvalue weighted by atomic mass is 10.2. The fourth-order valence-electron chi connectivity index (χ4n) is 2.14. The topological polar surface area (TPSA) is 50.4 Å². The second-order valence-corrected chi connectivity index (χ2v) is 5.64. The van der Waals surface area contributed by atoms with E-state index in [-0.39, 0.29) is 12.0 Å². The lowest BCUT2D eigenvalue weighted by Crippen LogP contribution is -2.45. The van der Waals surface area contributed by atoms with Crippen molar-refractivity contribution < 1.29 is 9.53 Å². The van der Waals surface area contributed by atoms with Gasteiger partial charge in [-0.1, -0.05) is 18.2 Å². The van der Waals surface area contributed by atoms with Gasteiger partial charge in [0.05, 0.1) is 17.6 Å². The summed E-state index contributed by atoms with van der Waals surface area (Å²) >= 11 is 1.52. The normalized spacial score (nSPS) is 19.5. The van der Waals surface area contributed by atoms with Crippen LogP contribution >= 0.6 is 11.3 Å². The molecular weight excluding hydrogens is 260 g/mol. The maximum absolute atomic E-state index is 12.1. The van der Waals surface area contributed by atoms with Crippen LogP contribution in [0.2, 0.25) is 0 Å². The predicted octanol–water partition coefficient (Wildman–Crippen LogP) is 1.62. The minimum atomic E-state index is -0.0182. The van der Waals surface area contributed by atoms with Crippen molar-refractivity contribution in [2.24, 2.45) is 0 Å². The first-order valence-electron chi connectivity index (χ1n) is 6.42. The van der Waals surface area contributed by atoms with Gasteiger partial charge in [-0.3, -0.25) is 4.79 Å². The van der Waals surface area contributed by atoms with Crippen LogP contribution < -0.4 is 10.6 Å². The highest BCUT2D eigenvalue weighted by Crippen LogP contribution is 2.24. The van der Waals surface area contributed by atoms with E-state index in [1.807, 2.05) is 30.3 Å². The van der Waals surface area contributed by atoms with Gasteiger partial charge in [0.1, 0.15) is 0 Å². The summed E-state index contributed by atoms with van der Waals surface area (Å²) in [6.07, 6.45) is 0.0760. The average molecular weight is 276 g/mol. The number of benzene rings is 1. The quantitative estimate of drug-likeness (QED) is 0.895. The molecule has 100 valence electrons. The molecule has 1 aliphatic heterocycles. The van der Waals surface area contributed by atoms with E-state index < -0.39 is 0 Å². The van der Waals surface area contributed by atoms with Crippen LogP contribution in [0.15, 0.2) is 30.3 Å². The van der Waals surface area contributed by atoms with Gasteiger partial charge in [0, 0.05) is 24.3 Å². The molecule has 1 amide bonds. The molecule has 2 aromatic rings. The number of carbonyl (C=O) groups is 1. The number of nitrogens with one attached hydrogen (secondary N) is 2. The Morgan fingerprint density at radius 3 is 3.16 bits per heavy atom. The highest BCUT2D eigenvalue weighted by Gasteiger charge is 2.16. The molecule has 1 atom stereocenters. The monoisotopic (exact) mass is 276 g/mol. The van der Waals surface area contributed by atoms with Crippen molar-refractivity contribution in [2.45, 2.75) is 6.10 Å². The Labute approximate surface area is 115 Å². The fourth-order valence-corrected chi connectivity index (χ4v) is 3.12. The minimum Gasteiger partial charge on any atom is -0.374 e. The maximum Gasteiger partial charge on any atom is 0.261 e. The summed E-state index contributed by atoms with van der Waals surface area (Å²) in [5.41, 5.74) is 0. The van der Waals surface area contributed by atoms with Crippen molar-refractivity contribution in [3.05, 3.63) is 35.2 Å². The van der Waals surface area contributed by atoms with Crippen molar-refractivity contribution in [1.82, 2.24) is 10.6 Å². The smallest absolute Gasteiger partial charge is 0.261 e. The molecule has 1 aliphatic rings. The molecule has 5 heteroatoms. The van der Waals surface area contributed by atoms with E-state index in [2.05, 4.69) is 10.6 Å². The lowest BCUT2D eigenvalue weighted by molar-refractivity contribution is 0.0287. The van der Waals surface area contributed by atoms with Crippen molar-refractivity contribution in [2.75, 3.05) is 26.2 Å². The first kappa shape index (κ1) is 12.6. The van der Waals surface area contributed by atoms with Crippen LogP contribution in [0.1, 0.15) is 9.67 Å². The van der Waals surface area contributed by atoms with Crippen molar-refractivity contribution in [3.63, 3.8) is 0 Å². The van der Waals surface area contributed by atoms with E-state index in [0.717, 1.165) is 28.1 Å². The summed E-state index contributed by atoms with van der Waals surface area (Å²) in [5.74, 6) is -0.0182. The highest BCUT2D eigenvalue weighted by atomic mass is 32.1. The number of morpholine rings is 1. The molecular formula is C14H16N2O2S. The summed E-state index contributed by atoms with van der Waals surface area (Å²) in [6.45, 7) is 2.96. The third-order valence-corrected chi connectivity index (χ3v) is 4.26. The van der Waals surface area contributed by atoms with E-state index in [4.69, 9.17) is 4.74 Å². The summed E-state index contributed by atoms with van der Waals surface area (Å²) in [4.78, 5) is 12.8. The molecule has 0 radical (unpaired) electrons. The van der Waals surface area contributed by atoms with E-state index in [1.165, 1.54) is 11.3 Å². The van der Waals surface area contributed by atoms with Gasteiger partial charge in [-0.15, -0.1) is 11.3 Å². The highest BCUT2D eigenvalue weighted by molar-refractivity contribution is 7.20. The number of thiophene rings is 1. The second-order valence-electron chi connectivity index (χ2n) is 4.56. The molecule has 19 heavy (non-hydrogen) atoms. The molecule has 0 aliphatic carbocycles. The zero-order valence-electron chi connectivity index (χ0n) is 10.5. The van der Waals surface area contributed by atoms with Crippen molar-refractivity contribution >= 4 is 27.3 Å². The predicted molar refractivity (Wildman–Crippen MR) is 76.8 cm³/mol. The molecule has 1 saturated heterocycles. The van der Waals surface area contributed by atoms with Gasteiger partial charge >= 0.3 is 0 Å². The zero-order chi connectivity index (χ0) is 13.1. The number of amides is 1. The van der Waals surface area contributed by atoms with Gasteiger partial charge in [0.25, 0.3) is 5.91 Å². The van der Waals surface area contributed by atoms with Crippen LogP contribution in [0, 0.1) is 0 Å². The van der Waals surface area contributed by atoms with Crippen LogP contribution in [0.25, 0.3) is 10.1 Å². The van der Waals surface area contributed by atoms with Crippen LogP contribution in [-0.4, -0.2) is 38.3 Å². The van der Waals surface area contributed by atoms with Crippen molar-refractivity contribution in [1.29, 1.82) is 0 Å². The molecule has 3 rings (SSSR count). The molecule has 2 N–H and O–H groups in total. The first-order valence-corrected chi connectivity index (χ1v) is 7.24. The van der Waals surface area contributed by atoms with E-state index >= 15 is 0 Å². The van der Waals surface area contributed by atoms with E-state index in [9.17, 15) is 4.79 Å². The summed E-state index contributed by atoms with van der Waals surface area (Å²) in [5, 5.41) is 7.30. The van der Waals surface area contributed by atoms with Gasteiger partial charge in [-0.2, -0.15) is 0 Å². The Morgan fingerprint density at radius 2 is 2.37 bits per heavy atom. The molecule has 0 saturated carbocycles. The Bertz CT molecular complexity index is 543. The Hall–Kier alpha value is -1.43. The van der Waals surface area contributed by atoms with Gasteiger partial charge in [-0.05, 0) is 17.5 Å². The molecule has 0 spiro atoms. The number of hydrogen-bond acceptors (Lipinski definition) is 4.